The van der Waals surface area contributed by atoms with Gasteiger partial charge in [0, 0.05) is 32.4 Å². The summed E-state index contributed by atoms with van der Waals surface area (Å²) in [6.45, 7) is 1.01. The Kier molecular flexibility index (Phi) is 4.20. The van der Waals surface area contributed by atoms with Crippen molar-refractivity contribution < 1.29 is 13.3 Å². The Balaban J connectivity index is 1.62. The first-order chi connectivity index (χ1) is 13.0. The minimum Gasteiger partial charge on any atom is -0.363 e. The number of H-pyrrole nitrogens is 1. The van der Waals surface area contributed by atoms with Gasteiger partial charge in [-0.05, 0) is 24.3 Å². The number of hydrogen-bond acceptors (Lipinski definition) is 8. The molecule has 0 spiro atoms. The van der Waals surface area contributed by atoms with E-state index in [0.29, 0.717) is 29.7 Å². The highest BCUT2D eigenvalue weighted by molar-refractivity contribution is 7.88. The number of benzene rings is 1. The predicted octanol–water partition coefficient (Wildman–Crippen LogP) is 0.772. The van der Waals surface area contributed by atoms with Crippen molar-refractivity contribution in [3.63, 3.8) is 0 Å². The Hall–Kier alpha value is -3.12. The molecular weight excluding hydrogens is 374 g/mol. The van der Waals surface area contributed by atoms with Crippen molar-refractivity contribution in [3.8, 4) is 0 Å². The Bertz CT molecular complexity index is 1090. The van der Waals surface area contributed by atoms with Crippen molar-refractivity contribution >= 4 is 32.3 Å². The molecule has 0 saturated carbocycles. The van der Waals surface area contributed by atoms with E-state index in [1.54, 1.807) is 30.5 Å². The van der Waals surface area contributed by atoms with Crippen LogP contribution in [0.5, 0.6) is 0 Å². The molecule has 1 fully saturated rings. The monoisotopic (exact) mass is 389 g/mol. The molecule has 12 heteroatoms. The molecule has 4 rings (SSSR count). The van der Waals surface area contributed by atoms with E-state index in [-0.39, 0.29) is 23.9 Å². The average molecular weight is 389 g/mol. The number of aromatic nitrogens is 4. The van der Waals surface area contributed by atoms with Crippen LogP contribution < -0.4 is 4.90 Å². The van der Waals surface area contributed by atoms with Gasteiger partial charge in [0.25, 0.3) is 15.2 Å². The number of hydrogen-bond donors (Lipinski definition) is 1. The summed E-state index contributed by atoms with van der Waals surface area (Å²) in [5, 5.41) is 17.9. The molecular formula is C15H15N7O4S. The van der Waals surface area contributed by atoms with Gasteiger partial charge in [-0.1, -0.05) is 0 Å². The van der Waals surface area contributed by atoms with Gasteiger partial charge in [0.1, 0.15) is 12.0 Å². The topological polar surface area (TPSA) is 138 Å². The summed E-state index contributed by atoms with van der Waals surface area (Å²) >= 11 is 0. The molecule has 11 nitrogen and oxygen atoms in total. The minimum atomic E-state index is -3.75. The first kappa shape index (κ1) is 17.3. The summed E-state index contributed by atoms with van der Waals surface area (Å²) in [5.74, 6) is 0. The summed E-state index contributed by atoms with van der Waals surface area (Å²) in [6.07, 6.45) is 2.72. The van der Waals surface area contributed by atoms with Gasteiger partial charge in [-0.25, -0.2) is 18.5 Å². The lowest BCUT2D eigenvalue weighted by atomic mass is 10.1. The second kappa shape index (κ2) is 6.55. The van der Waals surface area contributed by atoms with Crippen LogP contribution in [-0.4, -0.2) is 64.0 Å². The molecule has 3 aromatic rings. The quantitative estimate of drug-likeness (QED) is 0.510. The van der Waals surface area contributed by atoms with Gasteiger partial charge in [-0.2, -0.15) is 9.40 Å². The van der Waals surface area contributed by atoms with Crippen LogP contribution >= 0.6 is 0 Å². The molecule has 0 unspecified atom stereocenters. The fourth-order valence-electron chi connectivity index (χ4n) is 3.18. The van der Waals surface area contributed by atoms with Crippen LogP contribution in [0.4, 0.5) is 11.4 Å². The second-order valence-corrected chi connectivity index (χ2v) is 7.80. The molecule has 1 aromatic carbocycles. The summed E-state index contributed by atoms with van der Waals surface area (Å²) in [7, 11) is -3.75. The van der Waals surface area contributed by atoms with Gasteiger partial charge in [-0.15, -0.1) is 0 Å². The van der Waals surface area contributed by atoms with Gasteiger partial charge >= 0.3 is 5.69 Å². The molecule has 0 aliphatic carbocycles. The van der Waals surface area contributed by atoms with E-state index in [1.165, 1.54) is 4.31 Å². The van der Waals surface area contributed by atoms with Crippen LogP contribution in [0, 0.1) is 10.1 Å². The fourth-order valence-corrected chi connectivity index (χ4v) is 4.42. The van der Waals surface area contributed by atoms with Crippen LogP contribution in [0.3, 0.4) is 0 Å². The largest absolute Gasteiger partial charge is 0.363 e. The molecule has 27 heavy (non-hydrogen) atoms. The first-order valence-corrected chi connectivity index (χ1v) is 9.55. The zero-order valence-corrected chi connectivity index (χ0v) is 14.8. The third-order valence-corrected chi connectivity index (χ3v) is 6.20. The standard InChI is InChI=1S/C15H15N7O4S/c23-22(24)14-11-2-1-5-16-12(11)3-4-13(14)20-6-8-21(9-7-20)27(25,26)15-17-10-18-19-15/h1-5,10H,6-9H2,(H,17,18,19). The molecule has 1 aliphatic rings. The number of piperazine rings is 1. The van der Waals surface area contributed by atoms with Gasteiger partial charge in [-0.3, -0.25) is 15.1 Å². The van der Waals surface area contributed by atoms with Crippen molar-refractivity contribution in [2.45, 2.75) is 5.16 Å². The number of sulfonamides is 1. The molecule has 1 saturated heterocycles. The maximum absolute atomic E-state index is 12.5. The number of pyridine rings is 1. The zero-order chi connectivity index (χ0) is 19.0. The Morgan fingerprint density at radius 3 is 2.56 bits per heavy atom. The number of anilines is 1. The average Bonchev–Trinajstić information content (AvgIpc) is 3.23. The number of nitrogens with one attached hydrogen (secondary N) is 1. The third kappa shape index (κ3) is 2.98. The smallest absolute Gasteiger partial charge is 0.301 e. The van der Waals surface area contributed by atoms with E-state index in [4.69, 9.17) is 0 Å². The molecule has 1 aliphatic heterocycles. The number of rotatable bonds is 4. The van der Waals surface area contributed by atoms with Gasteiger partial charge < -0.3 is 4.90 Å². The number of nitrogens with zero attached hydrogens (tertiary/aromatic N) is 6. The minimum absolute atomic E-state index is 0.0212. The second-order valence-electron chi connectivity index (χ2n) is 5.94. The molecule has 0 bridgehead atoms. The van der Waals surface area contributed by atoms with Crippen molar-refractivity contribution in [2.75, 3.05) is 31.1 Å². The fraction of sp³-hybridized carbons (Fsp3) is 0.267. The molecule has 1 N–H and O–H groups in total. The summed E-state index contributed by atoms with van der Waals surface area (Å²) < 4.78 is 26.3. The highest BCUT2D eigenvalue weighted by atomic mass is 32.2. The first-order valence-electron chi connectivity index (χ1n) is 8.11. The molecule has 0 radical (unpaired) electrons. The van der Waals surface area contributed by atoms with Gasteiger partial charge in [0.2, 0.25) is 0 Å². The number of nitro benzene ring substituents is 1. The van der Waals surface area contributed by atoms with Crippen molar-refractivity contribution in [2.24, 2.45) is 0 Å². The lowest BCUT2D eigenvalue weighted by Crippen LogP contribution is -2.49. The normalized spacial score (nSPS) is 15.9. The SMILES string of the molecule is O=[N+]([O-])c1c(N2CCN(S(=O)(=O)c3ncn[nH]3)CC2)ccc2ncccc12. The molecule has 2 aromatic heterocycles. The van der Waals surface area contributed by atoms with Crippen LogP contribution in [0.2, 0.25) is 0 Å². The van der Waals surface area contributed by atoms with E-state index in [0.717, 1.165) is 6.33 Å². The maximum atomic E-state index is 12.5. The highest BCUT2D eigenvalue weighted by Crippen LogP contribution is 2.35. The zero-order valence-electron chi connectivity index (χ0n) is 14.0. The highest BCUT2D eigenvalue weighted by Gasteiger charge is 2.32. The third-order valence-electron chi connectivity index (χ3n) is 4.47. The van der Waals surface area contributed by atoms with Crippen LogP contribution in [-0.2, 0) is 10.0 Å². The number of fused-ring (bicyclic) bond motifs is 1. The van der Waals surface area contributed by atoms with Crippen LogP contribution in [0.1, 0.15) is 0 Å². The van der Waals surface area contributed by atoms with Gasteiger partial charge in [0.05, 0.1) is 15.8 Å². The molecule has 0 atom stereocenters. The predicted molar refractivity (Wildman–Crippen MR) is 95.8 cm³/mol. The number of nitro groups is 1. The van der Waals surface area contributed by atoms with Crippen molar-refractivity contribution in [1.82, 2.24) is 24.5 Å². The molecule has 3 heterocycles. The van der Waals surface area contributed by atoms with Crippen LogP contribution in [0.25, 0.3) is 10.9 Å². The van der Waals surface area contributed by atoms with E-state index in [2.05, 4.69) is 20.2 Å². The Morgan fingerprint density at radius 2 is 1.89 bits per heavy atom. The van der Waals surface area contributed by atoms with Crippen molar-refractivity contribution in [3.05, 3.63) is 46.9 Å². The van der Waals surface area contributed by atoms with Crippen LogP contribution in [0.15, 0.2) is 41.9 Å². The van der Waals surface area contributed by atoms with E-state index in [1.807, 2.05) is 4.90 Å². The van der Waals surface area contributed by atoms with E-state index >= 15 is 0 Å². The van der Waals surface area contributed by atoms with Crippen molar-refractivity contribution in [1.29, 1.82) is 0 Å². The summed E-state index contributed by atoms with van der Waals surface area (Å²) in [4.78, 5) is 20.9. The summed E-state index contributed by atoms with van der Waals surface area (Å²) in [5.41, 5.74) is 0.976. The molecule has 140 valence electrons. The van der Waals surface area contributed by atoms with E-state index in [9.17, 15) is 18.5 Å². The Morgan fingerprint density at radius 1 is 1.11 bits per heavy atom. The number of aromatic amines is 1. The Labute approximate surface area is 153 Å². The van der Waals surface area contributed by atoms with E-state index < -0.39 is 14.9 Å². The molecule has 0 amide bonds. The lowest BCUT2D eigenvalue weighted by molar-refractivity contribution is -0.382. The van der Waals surface area contributed by atoms with Gasteiger partial charge in [0.15, 0.2) is 0 Å². The maximum Gasteiger partial charge on any atom is 0.301 e. The lowest BCUT2D eigenvalue weighted by Gasteiger charge is -2.34. The summed E-state index contributed by atoms with van der Waals surface area (Å²) in [6, 6.07) is 6.71.